The van der Waals surface area contributed by atoms with Gasteiger partial charge in [-0.25, -0.2) is 0 Å². The van der Waals surface area contributed by atoms with Gasteiger partial charge in [-0.15, -0.1) is 0 Å². The van der Waals surface area contributed by atoms with Crippen LogP contribution in [0.2, 0.25) is 0 Å². The predicted octanol–water partition coefficient (Wildman–Crippen LogP) is 3.13. The highest BCUT2D eigenvalue weighted by atomic mass is 32.1. The second-order valence-corrected chi connectivity index (χ2v) is 7.40. The molecule has 0 aromatic heterocycles. The number of ketones is 1. The second kappa shape index (κ2) is 8.16. The zero-order chi connectivity index (χ0) is 19.5. The Kier molecular flexibility index (Phi) is 5.45. The van der Waals surface area contributed by atoms with E-state index >= 15 is 0 Å². The van der Waals surface area contributed by atoms with Crippen LogP contribution in [-0.2, 0) is 6.54 Å². The lowest BCUT2D eigenvalue weighted by Crippen LogP contribution is -2.49. The first kappa shape index (κ1) is 18.7. The van der Waals surface area contributed by atoms with E-state index in [0.29, 0.717) is 17.5 Å². The summed E-state index contributed by atoms with van der Waals surface area (Å²) >= 11 is 5.57. The van der Waals surface area contributed by atoms with Crippen molar-refractivity contribution in [3.8, 4) is 11.5 Å². The number of hydrogen-bond donors (Lipinski definition) is 1. The van der Waals surface area contributed by atoms with Gasteiger partial charge in [-0.05, 0) is 49.0 Å². The van der Waals surface area contributed by atoms with Crippen LogP contribution in [0.3, 0.4) is 0 Å². The molecule has 0 saturated carbocycles. The van der Waals surface area contributed by atoms with Gasteiger partial charge < -0.3 is 19.7 Å². The summed E-state index contributed by atoms with van der Waals surface area (Å²) in [5.74, 6) is 1.69. The summed E-state index contributed by atoms with van der Waals surface area (Å²) in [5, 5.41) is 3.95. The first-order valence-corrected chi connectivity index (χ1v) is 9.77. The van der Waals surface area contributed by atoms with Crippen LogP contribution in [-0.4, -0.2) is 53.7 Å². The molecular formula is C21H23N3O3S. The average Bonchev–Trinajstić information content (AvgIpc) is 3.16. The number of hydrogen-bond acceptors (Lipinski definition) is 5. The summed E-state index contributed by atoms with van der Waals surface area (Å²) in [4.78, 5) is 16.1. The van der Waals surface area contributed by atoms with Crippen molar-refractivity contribution in [2.45, 2.75) is 13.5 Å². The Morgan fingerprint density at radius 3 is 2.64 bits per heavy atom. The number of rotatable bonds is 4. The van der Waals surface area contributed by atoms with Crippen LogP contribution in [0.15, 0.2) is 42.5 Å². The Hall–Kier alpha value is -2.64. The van der Waals surface area contributed by atoms with Gasteiger partial charge in [0.25, 0.3) is 0 Å². The van der Waals surface area contributed by atoms with Gasteiger partial charge in [0.05, 0.1) is 0 Å². The topological polar surface area (TPSA) is 54.0 Å². The first-order valence-electron chi connectivity index (χ1n) is 9.36. The summed E-state index contributed by atoms with van der Waals surface area (Å²) in [6.07, 6.45) is 0. The standard InChI is InChI=1S/C21H23N3O3S/c1-15(25)17-3-2-4-18(12-17)22-21(28)24-9-7-23(8-10-24)13-16-5-6-19-20(11-16)27-14-26-19/h2-6,11-12H,7-10,13-14H2,1H3,(H,22,28). The maximum atomic E-state index is 11.5. The Balaban J connectivity index is 1.29. The van der Waals surface area contributed by atoms with Crippen molar-refractivity contribution >= 4 is 28.8 Å². The monoisotopic (exact) mass is 397 g/mol. The highest BCUT2D eigenvalue weighted by molar-refractivity contribution is 7.80. The largest absolute Gasteiger partial charge is 0.454 e. The molecule has 2 aliphatic rings. The maximum Gasteiger partial charge on any atom is 0.231 e. The van der Waals surface area contributed by atoms with Crippen molar-refractivity contribution in [1.82, 2.24) is 9.80 Å². The molecule has 2 heterocycles. The molecule has 28 heavy (non-hydrogen) atoms. The predicted molar refractivity (Wildman–Crippen MR) is 112 cm³/mol. The minimum Gasteiger partial charge on any atom is -0.454 e. The van der Waals surface area contributed by atoms with Crippen molar-refractivity contribution in [3.63, 3.8) is 0 Å². The van der Waals surface area contributed by atoms with Crippen LogP contribution < -0.4 is 14.8 Å². The van der Waals surface area contributed by atoms with Gasteiger partial charge in [0, 0.05) is 44.0 Å². The Morgan fingerprint density at radius 2 is 1.86 bits per heavy atom. The molecule has 0 spiro atoms. The zero-order valence-electron chi connectivity index (χ0n) is 15.8. The number of thiocarbonyl (C=S) groups is 1. The SMILES string of the molecule is CC(=O)c1cccc(NC(=S)N2CCN(Cc3ccc4c(c3)OCO4)CC2)c1. The van der Waals surface area contributed by atoms with Crippen LogP contribution in [0, 0.1) is 0 Å². The molecule has 0 amide bonds. The molecule has 6 nitrogen and oxygen atoms in total. The molecule has 0 unspecified atom stereocenters. The van der Waals surface area contributed by atoms with E-state index in [1.807, 2.05) is 30.3 Å². The fourth-order valence-corrected chi connectivity index (χ4v) is 3.73. The number of Topliss-reactive ketones (excluding diaryl/α,β-unsaturated/α-hetero) is 1. The Bertz CT molecular complexity index is 894. The molecule has 2 aromatic carbocycles. The number of fused-ring (bicyclic) bond motifs is 1. The first-order chi connectivity index (χ1) is 13.6. The number of piperazine rings is 1. The average molecular weight is 398 g/mol. The number of anilines is 1. The second-order valence-electron chi connectivity index (χ2n) is 7.02. The molecule has 0 bridgehead atoms. The lowest BCUT2D eigenvalue weighted by molar-refractivity contribution is 0.101. The highest BCUT2D eigenvalue weighted by Crippen LogP contribution is 2.32. The molecule has 4 rings (SSSR count). The number of ether oxygens (including phenoxy) is 2. The summed E-state index contributed by atoms with van der Waals surface area (Å²) in [6.45, 7) is 6.35. The third-order valence-electron chi connectivity index (χ3n) is 5.02. The van der Waals surface area contributed by atoms with Crippen LogP contribution in [0.5, 0.6) is 11.5 Å². The lowest BCUT2D eigenvalue weighted by atomic mass is 10.1. The maximum absolute atomic E-state index is 11.5. The molecule has 0 atom stereocenters. The molecule has 146 valence electrons. The molecule has 2 aliphatic heterocycles. The summed E-state index contributed by atoms with van der Waals surface area (Å²) in [5.41, 5.74) is 2.75. The molecule has 1 fully saturated rings. The third kappa shape index (κ3) is 4.26. The fraction of sp³-hybridized carbons (Fsp3) is 0.333. The smallest absolute Gasteiger partial charge is 0.231 e. The third-order valence-corrected chi connectivity index (χ3v) is 5.38. The van der Waals surface area contributed by atoms with Gasteiger partial charge in [0.15, 0.2) is 22.4 Å². The number of nitrogens with zero attached hydrogens (tertiary/aromatic N) is 2. The van der Waals surface area contributed by atoms with Crippen molar-refractivity contribution in [3.05, 3.63) is 53.6 Å². The molecule has 2 aromatic rings. The highest BCUT2D eigenvalue weighted by Gasteiger charge is 2.20. The zero-order valence-corrected chi connectivity index (χ0v) is 16.6. The van der Waals surface area contributed by atoms with Crippen LogP contribution in [0.25, 0.3) is 0 Å². The van der Waals surface area contributed by atoms with Crippen molar-refractivity contribution in [2.24, 2.45) is 0 Å². The number of benzene rings is 2. The molecule has 1 saturated heterocycles. The number of carbonyl (C=O) groups excluding carboxylic acids is 1. The molecule has 7 heteroatoms. The van der Waals surface area contributed by atoms with Crippen molar-refractivity contribution in [2.75, 3.05) is 38.3 Å². The quantitative estimate of drug-likeness (QED) is 0.628. The normalized spacial score (nSPS) is 16.1. The number of carbonyl (C=O) groups is 1. The van der Waals surface area contributed by atoms with E-state index in [2.05, 4.69) is 27.2 Å². The summed E-state index contributed by atoms with van der Waals surface area (Å²) in [6, 6.07) is 13.6. The van der Waals surface area contributed by atoms with E-state index in [-0.39, 0.29) is 5.78 Å². The van der Waals surface area contributed by atoms with Gasteiger partial charge in [-0.1, -0.05) is 18.2 Å². The van der Waals surface area contributed by atoms with E-state index < -0.39 is 0 Å². The lowest BCUT2D eigenvalue weighted by Gasteiger charge is -2.36. The minimum atomic E-state index is 0.0479. The van der Waals surface area contributed by atoms with E-state index in [1.54, 1.807) is 6.92 Å². The van der Waals surface area contributed by atoms with E-state index in [0.717, 1.165) is 49.9 Å². The van der Waals surface area contributed by atoms with E-state index in [9.17, 15) is 4.79 Å². The molecular weight excluding hydrogens is 374 g/mol. The van der Waals surface area contributed by atoms with Gasteiger partial charge >= 0.3 is 0 Å². The van der Waals surface area contributed by atoms with Gasteiger partial charge in [-0.2, -0.15) is 0 Å². The van der Waals surface area contributed by atoms with Gasteiger partial charge in [-0.3, -0.25) is 9.69 Å². The van der Waals surface area contributed by atoms with Gasteiger partial charge in [0.2, 0.25) is 6.79 Å². The minimum absolute atomic E-state index is 0.0479. The van der Waals surface area contributed by atoms with Crippen LogP contribution >= 0.6 is 12.2 Å². The molecule has 0 radical (unpaired) electrons. The molecule has 0 aliphatic carbocycles. The van der Waals surface area contributed by atoms with Gasteiger partial charge in [0.1, 0.15) is 0 Å². The summed E-state index contributed by atoms with van der Waals surface area (Å²) in [7, 11) is 0. The van der Waals surface area contributed by atoms with E-state index in [4.69, 9.17) is 21.7 Å². The summed E-state index contributed by atoms with van der Waals surface area (Å²) < 4.78 is 10.8. The van der Waals surface area contributed by atoms with E-state index in [1.165, 1.54) is 5.56 Å². The van der Waals surface area contributed by atoms with Crippen molar-refractivity contribution < 1.29 is 14.3 Å². The fourth-order valence-electron chi connectivity index (χ4n) is 3.43. The Labute approximate surface area is 170 Å². The molecule has 1 N–H and O–H groups in total. The van der Waals surface area contributed by atoms with Crippen molar-refractivity contribution in [1.29, 1.82) is 0 Å². The van der Waals surface area contributed by atoms with Crippen LogP contribution in [0.4, 0.5) is 5.69 Å². The Morgan fingerprint density at radius 1 is 1.07 bits per heavy atom. The van der Waals surface area contributed by atoms with Crippen LogP contribution in [0.1, 0.15) is 22.8 Å². The number of nitrogens with one attached hydrogen (secondary N) is 1.